The Labute approximate surface area is 213 Å². The van der Waals surface area contributed by atoms with Crippen LogP contribution in [0.5, 0.6) is 0 Å². The average Bonchev–Trinajstić information content (AvgIpc) is 3.23. The van der Waals surface area contributed by atoms with E-state index in [1.807, 2.05) is 24.3 Å². The molecule has 202 valence electrons. The topological polar surface area (TPSA) is 230 Å². The van der Waals surface area contributed by atoms with E-state index in [-0.39, 0.29) is 18.8 Å². The standard InChI is InChI=1S/C24H34N6O7/c1-12(2)7-17(22(34)30-19(11-31)24(36)37)29-23(35)18(28-21(33)15(25)9-20(26)32)8-13-10-27-16-6-4-3-5-14(13)16/h3-6,10,12,15,17-19,27,31H,7-9,11,25H2,1-2H3,(H2,26,32)(H,28,33)(H,29,35)(H,30,34)(H,36,37). The first kappa shape index (κ1) is 29.3. The number of fused-ring (bicyclic) bond motifs is 1. The highest BCUT2D eigenvalue weighted by Crippen LogP contribution is 2.19. The number of benzene rings is 1. The van der Waals surface area contributed by atoms with Gasteiger partial charge >= 0.3 is 5.97 Å². The number of para-hydroxylation sites is 1. The van der Waals surface area contributed by atoms with Crippen LogP contribution in [0.4, 0.5) is 0 Å². The number of hydrogen-bond donors (Lipinski definition) is 8. The molecule has 1 aromatic carbocycles. The van der Waals surface area contributed by atoms with Gasteiger partial charge in [-0.3, -0.25) is 19.2 Å². The van der Waals surface area contributed by atoms with Crippen molar-refractivity contribution in [3.63, 3.8) is 0 Å². The number of primary amides is 1. The van der Waals surface area contributed by atoms with E-state index in [2.05, 4.69) is 20.9 Å². The van der Waals surface area contributed by atoms with Crippen LogP contribution in [0.2, 0.25) is 0 Å². The number of hydrogen-bond acceptors (Lipinski definition) is 7. The number of rotatable bonds is 14. The lowest BCUT2D eigenvalue weighted by Gasteiger charge is -2.25. The van der Waals surface area contributed by atoms with Crippen LogP contribution in [0, 0.1) is 5.92 Å². The summed E-state index contributed by atoms with van der Waals surface area (Å²) >= 11 is 0. The maximum absolute atomic E-state index is 13.4. The largest absolute Gasteiger partial charge is 0.480 e. The molecular weight excluding hydrogens is 484 g/mol. The number of nitrogens with two attached hydrogens (primary N) is 2. The van der Waals surface area contributed by atoms with Crippen molar-refractivity contribution in [2.75, 3.05) is 6.61 Å². The van der Waals surface area contributed by atoms with Gasteiger partial charge < -0.3 is 42.6 Å². The Bertz CT molecular complexity index is 1130. The van der Waals surface area contributed by atoms with Gasteiger partial charge in [-0.15, -0.1) is 0 Å². The molecule has 13 heteroatoms. The number of carbonyl (C=O) groups excluding carboxylic acids is 4. The van der Waals surface area contributed by atoms with Gasteiger partial charge in [0.1, 0.15) is 18.1 Å². The van der Waals surface area contributed by atoms with Crippen LogP contribution < -0.4 is 27.4 Å². The second kappa shape index (κ2) is 13.4. The molecule has 1 heterocycles. The Morgan fingerprint density at radius 3 is 2.14 bits per heavy atom. The molecule has 10 N–H and O–H groups in total. The third-order valence-corrected chi connectivity index (χ3v) is 5.63. The molecule has 0 spiro atoms. The highest BCUT2D eigenvalue weighted by atomic mass is 16.4. The first-order valence-electron chi connectivity index (χ1n) is 11.8. The molecule has 37 heavy (non-hydrogen) atoms. The van der Waals surface area contributed by atoms with Crippen molar-refractivity contribution in [2.24, 2.45) is 17.4 Å². The molecule has 0 radical (unpaired) electrons. The van der Waals surface area contributed by atoms with Crippen LogP contribution in [0.15, 0.2) is 30.5 Å². The summed E-state index contributed by atoms with van der Waals surface area (Å²) in [5.74, 6) is -4.59. The molecule has 13 nitrogen and oxygen atoms in total. The van der Waals surface area contributed by atoms with E-state index in [1.165, 1.54) is 0 Å². The summed E-state index contributed by atoms with van der Waals surface area (Å²) in [6.45, 7) is 2.78. The Hall–Kier alpha value is -3.97. The van der Waals surface area contributed by atoms with E-state index in [0.717, 1.165) is 10.9 Å². The van der Waals surface area contributed by atoms with E-state index in [4.69, 9.17) is 16.6 Å². The average molecular weight is 519 g/mol. The van der Waals surface area contributed by atoms with Crippen LogP contribution in [0.3, 0.4) is 0 Å². The molecule has 0 aliphatic carbocycles. The summed E-state index contributed by atoms with van der Waals surface area (Å²) in [4.78, 5) is 64.3. The minimum absolute atomic E-state index is 0.0231. The van der Waals surface area contributed by atoms with E-state index in [0.29, 0.717) is 5.56 Å². The van der Waals surface area contributed by atoms with Crippen molar-refractivity contribution in [2.45, 2.75) is 57.3 Å². The van der Waals surface area contributed by atoms with Gasteiger partial charge in [0.15, 0.2) is 0 Å². The van der Waals surface area contributed by atoms with Gasteiger partial charge in [0, 0.05) is 23.5 Å². The second-order valence-electron chi connectivity index (χ2n) is 9.17. The first-order valence-corrected chi connectivity index (χ1v) is 11.8. The predicted octanol–water partition coefficient (Wildman–Crippen LogP) is -1.51. The summed E-state index contributed by atoms with van der Waals surface area (Å²) in [7, 11) is 0. The maximum Gasteiger partial charge on any atom is 0.328 e. The number of H-pyrrole nitrogens is 1. The first-order chi connectivity index (χ1) is 17.4. The third-order valence-electron chi connectivity index (χ3n) is 5.63. The third kappa shape index (κ3) is 8.58. The number of amides is 4. The van der Waals surface area contributed by atoms with Gasteiger partial charge in [0.2, 0.25) is 23.6 Å². The van der Waals surface area contributed by atoms with Crippen LogP contribution in [-0.4, -0.2) is 75.6 Å². The number of carbonyl (C=O) groups is 5. The Morgan fingerprint density at radius 1 is 0.946 bits per heavy atom. The molecule has 4 amide bonds. The minimum Gasteiger partial charge on any atom is -0.480 e. The highest BCUT2D eigenvalue weighted by molar-refractivity contribution is 5.95. The molecule has 2 rings (SSSR count). The van der Waals surface area contributed by atoms with Crippen LogP contribution in [0.1, 0.15) is 32.3 Å². The summed E-state index contributed by atoms with van der Waals surface area (Å²) in [6, 6.07) is 2.16. The van der Waals surface area contributed by atoms with Gasteiger partial charge in [0.25, 0.3) is 0 Å². The molecule has 0 bridgehead atoms. The smallest absolute Gasteiger partial charge is 0.328 e. The molecule has 0 aliphatic heterocycles. The molecule has 0 saturated heterocycles. The van der Waals surface area contributed by atoms with Crippen LogP contribution >= 0.6 is 0 Å². The number of aliphatic carboxylic acids is 1. The molecule has 4 unspecified atom stereocenters. The van der Waals surface area contributed by atoms with Crippen molar-refractivity contribution in [1.82, 2.24) is 20.9 Å². The van der Waals surface area contributed by atoms with Crippen LogP contribution in [0.25, 0.3) is 10.9 Å². The van der Waals surface area contributed by atoms with Crippen molar-refractivity contribution in [3.8, 4) is 0 Å². The lowest BCUT2D eigenvalue weighted by molar-refractivity contribution is -0.143. The number of carboxylic acid groups (broad SMARTS) is 1. The fourth-order valence-corrected chi connectivity index (χ4v) is 3.75. The predicted molar refractivity (Wildman–Crippen MR) is 134 cm³/mol. The van der Waals surface area contributed by atoms with Gasteiger partial charge in [-0.1, -0.05) is 32.0 Å². The summed E-state index contributed by atoms with van der Waals surface area (Å²) in [5.41, 5.74) is 12.4. The number of aliphatic hydroxyl groups is 1. The van der Waals surface area contributed by atoms with Crippen molar-refractivity contribution < 1.29 is 34.2 Å². The monoisotopic (exact) mass is 518 g/mol. The summed E-state index contributed by atoms with van der Waals surface area (Å²) < 4.78 is 0. The fourth-order valence-electron chi connectivity index (χ4n) is 3.75. The van der Waals surface area contributed by atoms with E-state index < -0.39 is 66.8 Å². The zero-order chi connectivity index (χ0) is 27.7. The van der Waals surface area contributed by atoms with Gasteiger partial charge in [-0.05, 0) is 24.0 Å². The lowest BCUT2D eigenvalue weighted by Crippen LogP contribution is -2.58. The van der Waals surface area contributed by atoms with Crippen LogP contribution in [-0.2, 0) is 30.4 Å². The van der Waals surface area contributed by atoms with Crippen molar-refractivity contribution in [1.29, 1.82) is 0 Å². The molecule has 0 fully saturated rings. The Kier molecular flexibility index (Phi) is 10.6. The molecule has 2 aromatic rings. The molecule has 4 atom stereocenters. The normalized spacial score (nSPS) is 14.4. The second-order valence-corrected chi connectivity index (χ2v) is 9.17. The number of aromatic amines is 1. The summed E-state index contributed by atoms with van der Waals surface area (Å²) in [6.07, 6.45) is 1.44. The van der Waals surface area contributed by atoms with E-state index in [9.17, 15) is 29.1 Å². The van der Waals surface area contributed by atoms with Crippen molar-refractivity contribution >= 4 is 40.5 Å². The lowest BCUT2D eigenvalue weighted by atomic mass is 10.00. The highest BCUT2D eigenvalue weighted by Gasteiger charge is 2.31. The zero-order valence-corrected chi connectivity index (χ0v) is 20.7. The maximum atomic E-state index is 13.4. The van der Waals surface area contributed by atoms with Gasteiger partial charge in [0.05, 0.1) is 19.1 Å². The zero-order valence-electron chi connectivity index (χ0n) is 20.7. The minimum atomic E-state index is -1.55. The number of nitrogens with one attached hydrogen (secondary N) is 4. The molecule has 0 aliphatic rings. The SMILES string of the molecule is CC(C)CC(NC(=O)C(Cc1c[nH]c2ccccc12)NC(=O)C(N)CC(N)=O)C(=O)NC(CO)C(=O)O. The van der Waals surface area contributed by atoms with Crippen molar-refractivity contribution in [3.05, 3.63) is 36.0 Å². The number of carboxylic acids is 1. The number of aliphatic hydroxyl groups excluding tert-OH is 1. The fraction of sp³-hybridized carbons (Fsp3) is 0.458. The summed E-state index contributed by atoms with van der Waals surface area (Å²) in [5, 5.41) is 26.5. The molecular formula is C24H34N6O7. The van der Waals surface area contributed by atoms with Gasteiger partial charge in [-0.2, -0.15) is 0 Å². The van der Waals surface area contributed by atoms with E-state index >= 15 is 0 Å². The molecule has 0 saturated carbocycles. The quantitative estimate of drug-likeness (QED) is 0.146. The Morgan fingerprint density at radius 2 is 1.54 bits per heavy atom. The number of aromatic nitrogens is 1. The molecule has 1 aromatic heterocycles. The van der Waals surface area contributed by atoms with E-state index in [1.54, 1.807) is 20.0 Å². The Balaban J connectivity index is 2.30. The van der Waals surface area contributed by atoms with Gasteiger partial charge in [-0.25, -0.2) is 4.79 Å².